The van der Waals surface area contributed by atoms with Crippen molar-refractivity contribution in [3.05, 3.63) is 29.1 Å². The number of aromatic carboxylic acids is 1. The van der Waals surface area contributed by atoms with Crippen molar-refractivity contribution in [2.45, 2.75) is 18.7 Å². The monoisotopic (exact) mass is 338 g/mol. The van der Waals surface area contributed by atoms with Crippen molar-refractivity contribution in [1.82, 2.24) is 0 Å². The molecule has 0 aliphatic carbocycles. The molecule has 21 heavy (non-hydrogen) atoms. The third-order valence-corrected chi connectivity index (χ3v) is 6.58. The van der Waals surface area contributed by atoms with Crippen molar-refractivity contribution in [3.8, 4) is 0 Å². The highest BCUT2D eigenvalue weighted by atomic mass is 32.2. The first kappa shape index (κ1) is 17.6. The van der Waals surface area contributed by atoms with Gasteiger partial charge in [0.25, 0.3) is 0 Å². The van der Waals surface area contributed by atoms with Crippen LogP contribution in [0.1, 0.15) is 22.8 Å². The Bertz CT molecular complexity index is 765. The van der Waals surface area contributed by atoms with Crippen molar-refractivity contribution in [2.24, 2.45) is 0 Å². The molecule has 6 nitrogen and oxygen atoms in total. The lowest BCUT2D eigenvalue weighted by molar-refractivity contribution is 0.0691. The van der Waals surface area contributed by atoms with Crippen molar-refractivity contribution in [3.63, 3.8) is 0 Å². The van der Waals surface area contributed by atoms with E-state index in [1.54, 1.807) is 0 Å². The maximum absolute atomic E-state index is 13.6. The van der Waals surface area contributed by atoms with E-state index in [0.29, 0.717) is 6.07 Å². The van der Waals surface area contributed by atoms with E-state index < -0.39 is 53.4 Å². The molecule has 0 saturated heterocycles. The smallest absolute Gasteiger partial charge is 0.338 e. The van der Waals surface area contributed by atoms with Gasteiger partial charge in [-0.2, -0.15) is 0 Å². The number of benzene rings is 1. The van der Waals surface area contributed by atoms with Gasteiger partial charge in [0.15, 0.2) is 19.7 Å². The molecule has 0 bridgehead atoms. The van der Waals surface area contributed by atoms with E-state index in [1.807, 2.05) is 0 Å². The zero-order chi connectivity index (χ0) is 16.4. The Morgan fingerprint density at radius 3 is 2.24 bits per heavy atom. The van der Waals surface area contributed by atoms with Crippen LogP contribution >= 0.6 is 0 Å². The van der Waals surface area contributed by atoms with Crippen LogP contribution in [0.4, 0.5) is 4.39 Å². The minimum absolute atomic E-state index is 0.133. The lowest BCUT2D eigenvalue weighted by atomic mass is 10.1. The van der Waals surface area contributed by atoms with E-state index in [2.05, 4.69) is 0 Å². The molecule has 0 aliphatic heterocycles. The summed E-state index contributed by atoms with van der Waals surface area (Å²) in [7, 11) is -7.48. The fourth-order valence-corrected chi connectivity index (χ4v) is 4.64. The van der Waals surface area contributed by atoms with Crippen molar-refractivity contribution < 1.29 is 31.1 Å². The molecule has 1 aromatic carbocycles. The summed E-state index contributed by atoms with van der Waals surface area (Å²) >= 11 is 0. The summed E-state index contributed by atoms with van der Waals surface area (Å²) in [5, 5.41) is 8.85. The Kier molecular flexibility index (Phi) is 5.11. The summed E-state index contributed by atoms with van der Waals surface area (Å²) in [6.45, 7) is 2.64. The maximum atomic E-state index is 13.6. The van der Waals surface area contributed by atoms with E-state index >= 15 is 0 Å². The molecule has 0 atom stereocenters. The number of carboxylic acids is 1. The van der Waals surface area contributed by atoms with Gasteiger partial charge in [-0.05, 0) is 24.6 Å². The molecule has 0 aromatic heterocycles. The van der Waals surface area contributed by atoms with Crippen LogP contribution in [-0.4, -0.2) is 45.2 Å². The predicted octanol–water partition coefficient (Wildman–Crippen LogP) is 1.04. The SMILES string of the molecule is CCS(=O)(=O)CCS(=O)(=O)c1cc(C)c(F)c(C(=O)O)c1. The number of carboxylic acid groups (broad SMARTS) is 1. The highest BCUT2D eigenvalue weighted by Crippen LogP contribution is 2.20. The summed E-state index contributed by atoms with van der Waals surface area (Å²) in [6.07, 6.45) is 0. The van der Waals surface area contributed by atoms with Gasteiger partial charge >= 0.3 is 5.97 Å². The summed E-state index contributed by atoms with van der Waals surface area (Å²) < 4.78 is 60.4. The van der Waals surface area contributed by atoms with Crippen molar-refractivity contribution >= 4 is 25.6 Å². The number of rotatable bonds is 6. The van der Waals surface area contributed by atoms with Crippen molar-refractivity contribution in [1.29, 1.82) is 0 Å². The Labute approximate surface area is 122 Å². The highest BCUT2D eigenvalue weighted by Gasteiger charge is 2.23. The maximum Gasteiger partial charge on any atom is 0.338 e. The minimum atomic E-state index is -4.01. The van der Waals surface area contributed by atoms with Gasteiger partial charge in [-0.3, -0.25) is 0 Å². The largest absolute Gasteiger partial charge is 0.478 e. The number of hydrogen-bond donors (Lipinski definition) is 1. The van der Waals surface area contributed by atoms with Gasteiger partial charge in [-0.25, -0.2) is 26.0 Å². The third-order valence-electron chi connectivity index (χ3n) is 2.92. The fourth-order valence-electron chi connectivity index (χ4n) is 1.57. The van der Waals surface area contributed by atoms with Gasteiger partial charge in [0.05, 0.1) is 22.0 Å². The first-order chi connectivity index (χ1) is 9.50. The third kappa shape index (κ3) is 4.24. The Hall–Kier alpha value is -1.48. The molecule has 1 rings (SSSR count). The van der Waals surface area contributed by atoms with E-state index in [9.17, 15) is 26.0 Å². The Morgan fingerprint density at radius 2 is 1.76 bits per heavy atom. The summed E-state index contributed by atoms with van der Waals surface area (Å²) in [6, 6.07) is 1.70. The number of aryl methyl sites for hydroxylation is 1. The molecular formula is C12H15FO6S2. The molecule has 9 heteroatoms. The molecule has 0 fully saturated rings. The lowest BCUT2D eigenvalue weighted by Crippen LogP contribution is -2.19. The van der Waals surface area contributed by atoms with E-state index in [1.165, 1.54) is 13.8 Å². The first-order valence-electron chi connectivity index (χ1n) is 5.97. The van der Waals surface area contributed by atoms with Crippen LogP contribution < -0.4 is 0 Å². The quantitative estimate of drug-likeness (QED) is 0.777. The summed E-state index contributed by atoms with van der Waals surface area (Å²) in [5.41, 5.74) is -0.890. The number of sulfone groups is 2. The van der Waals surface area contributed by atoms with Crippen LogP contribution in [-0.2, 0) is 19.7 Å². The first-order valence-corrected chi connectivity index (χ1v) is 9.44. The Morgan fingerprint density at radius 1 is 1.19 bits per heavy atom. The predicted molar refractivity (Wildman–Crippen MR) is 74.5 cm³/mol. The molecule has 0 spiro atoms. The zero-order valence-electron chi connectivity index (χ0n) is 11.5. The zero-order valence-corrected chi connectivity index (χ0v) is 13.1. The number of hydrogen-bond acceptors (Lipinski definition) is 5. The molecular weight excluding hydrogens is 323 g/mol. The summed E-state index contributed by atoms with van der Waals surface area (Å²) in [5.74, 6) is -4.03. The van der Waals surface area contributed by atoms with Crippen LogP contribution in [0.3, 0.4) is 0 Å². The molecule has 0 saturated carbocycles. The van der Waals surface area contributed by atoms with Crippen LogP contribution in [0, 0.1) is 12.7 Å². The number of carbonyl (C=O) groups is 1. The van der Waals surface area contributed by atoms with E-state index in [0.717, 1.165) is 6.07 Å². The second-order valence-corrected chi connectivity index (χ2v) is 9.04. The van der Waals surface area contributed by atoms with Gasteiger partial charge in [-0.15, -0.1) is 0 Å². The van der Waals surface area contributed by atoms with Gasteiger partial charge in [0.2, 0.25) is 0 Å². The standard InChI is InChI=1S/C12H15FO6S2/c1-3-20(16,17)4-5-21(18,19)9-6-8(2)11(13)10(7-9)12(14)15/h6-7H,3-5H2,1-2H3,(H,14,15). The number of halogens is 1. The average molecular weight is 338 g/mol. The van der Waals surface area contributed by atoms with Crippen molar-refractivity contribution in [2.75, 3.05) is 17.3 Å². The molecule has 1 N–H and O–H groups in total. The van der Waals surface area contributed by atoms with E-state index in [-0.39, 0.29) is 11.3 Å². The van der Waals surface area contributed by atoms with Gasteiger partial charge in [0, 0.05) is 5.75 Å². The minimum Gasteiger partial charge on any atom is -0.478 e. The highest BCUT2D eigenvalue weighted by molar-refractivity contribution is 7.95. The Balaban J connectivity index is 3.24. The van der Waals surface area contributed by atoms with Gasteiger partial charge < -0.3 is 5.11 Å². The van der Waals surface area contributed by atoms with Crippen LogP contribution in [0.5, 0.6) is 0 Å². The topological polar surface area (TPSA) is 106 Å². The molecule has 0 unspecified atom stereocenters. The average Bonchev–Trinajstić information content (AvgIpc) is 2.39. The molecule has 0 amide bonds. The van der Waals surface area contributed by atoms with Crippen LogP contribution in [0.15, 0.2) is 17.0 Å². The second-order valence-electron chi connectivity index (χ2n) is 4.46. The van der Waals surface area contributed by atoms with Gasteiger partial charge in [-0.1, -0.05) is 6.92 Å². The summed E-state index contributed by atoms with van der Waals surface area (Å²) in [4.78, 5) is 10.5. The lowest BCUT2D eigenvalue weighted by Gasteiger charge is -2.08. The normalized spacial score (nSPS) is 12.3. The van der Waals surface area contributed by atoms with E-state index in [4.69, 9.17) is 5.11 Å². The fraction of sp³-hybridized carbons (Fsp3) is 0.417. The van der Waals surface area contributed by atoms with Crippen LogP contribution in [0.2, 0.25) is 0 Å². The molecule has 0 aliphatic rings. The second kappa shape index (κ2) is 6.10. The van der Waals surface area contributed by atoms with Gasteiger partial charge in [0.1, 0.15) is 5.82 Å². The molecule has 0 radical (unpaired) electrons. The molecule has 1 aromatic rings. The molecule has 118 valence electrons. The molecule has 0 heterocycles. The van der Waals surface area contributed by atoms with Crippen LogP contribution in [0.25, 0.3) is 0 Å².